The molecule has 0 saturated carbocycles. The number of hydrogen-bond acceptors (Lipinski definition) is 1. The summed E-state index contributed by atoms with van der Waals surface area (Å²) in [5.74, 6) is -0.176. The molecule has 2 nitrogen and oxygen atoms in total. The molecule has 16 heavy (non-hydrogen) atoms. The highest BCUT2D eigenvalue weighted by atomic mass is 79.9. The summed E-state index contributed by atoms with van der Waals surface area (Å²) < 4.78 is 14.3. The summed E-state index contributed by atoms with van der Waals surface area (Å²) in [5, 5.41) is 3.19. The molecule has 84 valence electrons. The van der Waals surface area contributed by atoms with Gasteiger partial charge in [0.2, 0.25) is 0 Å². The van der Waals surface area contributed by atoms with Crippen LogP contribution in [0.25, 0.3) is 0 Å². The van der Waals surface area contributed by atoms with Gasteiger partial charge in [-0.2, -0.15) is 0 Å². The van der Waals surface area contributed by atoms with Crippen molar-refractivity contribution in [2.45, 2.75) is 13.1 Å². The van der Waals surface area contributed by atoms with Crippen LogP contribution in [0.1, 0.15) is 11.1 Å². The second-order valence-electron chi connectivity index (χ2n) is 3.56. The van der Waals surface area contributed by atoms with Crippen LogP contribution in [0.2, 0.25) is 0 Å². The lowest BCUT2D eigenvalue weighted by Crippen LogP contribution is -2.13. The minimum absolute atomic E-state index is 0.176. The first-order valence-electron chi connectivity index (χ1n) is 5.02. The van der Waals surface area contributed by atoms with Crippen molar-refractivity contribution in [1.29, 1.82) is 0 Å². The van der Waals surface area contributed by atoms with Crippen LogP contribution >= 0.6 is 15.9 Å². The maximum Gasteiger partial charge on any atom is 0.127 e. The molecular formula is C12H12BrFN2. The van der Waals surface area contributed by atoms with Crippen LogP contribution in [0.5, 0.6) is 0 Å². The molecular weight excluding hydrogens is 271 g/mol. The molecule has 0 amide bonds. The number of aromatic amines is 1. The molecule has 0 bridgehead atoms. The fourth-order valence-corrected chi connectivity index (χ4v) is 1.90. The monoisotopic (exact) mass is 282 g/mol. The summed E-state index contributed by atoms with van der Waals surface area (Å²) in [6.45, 7) is 1.26. The molecule has 0 aliphatic rings. The van der Waals surface area contributed by atoms with E-state index in [4.69, 9.17) is 0 Å². The van der Waals surface area contributed by atoms with E-state index in [9.17, 15) is 4.39 Å². The highest BCUT2D eigenvalue weighted by Gasteiger charge is 2.02. The van der Waals surface area contributed by atoms with E-state index < -0.39 is 0 Å². The van der Waals surface area contributed by atoms with E-state index in [2.05, 4.69) is 26.2 Å². The van der Waals surface area contributed by atoms with Crippen molar-refractivity contribution < 1.29 is 4.39 Å². The standard InChI is InChI=1S/C12H12BrFN2/c13-11-1-2-12(14)10(5-11)8-16-7-9-3-4-15-6-9/h1-6,15-16H,7-8H2. The van der Waals surface area contributed by atoms with Gasteiger partial charge in [0.1, 0.15) is 5.82 Å². The minimum atomic E-state index is -0.176. The molecule has 2 N–H and O–H groups in total. The Bertz CT molecular complexity index is 454. The Balaban J connectivity index is 1.92. The van der Waals surface area contributed by atoms with E-state index >= 15 is 0 Å². The zero-order chi connectivity index (χ0) is 11.4. The first-order chi connectivity index (χ1) is 7.75. The third-order valence-corrected chi connectivity index (χ3v) is 2.81. The van der Waals surface area contributed by atoms with Crippen LogP contribution in [-0.2, 0) is 13.1 Å². The smallest absolute Gasteiger partial charge is 0.127 e. The Hall–Kier alpha value is -1.13. The third kappa shape index (κ3) is 2.93. The molecule has 2 aromatic rings. The zero-order valence-electron chi connectivity index (χ0n) is 8.63. The minimum Gasteiger partial charge on any atom is -0.367 e. The lowest BCUT2D eigenvalue weighted by atomic mass is 10.2. The molecule has 1 aromatic carbocycles. The van der Waals surface area contributed by atoms with E-state index in [0.29, 0.717) is 12.1 Å². The first-order valence-corrected chi connectivity index (χ1v) is 5.81. The molecule has 0 fully saturated rings. The Kier molecular flexibility index (Phi) is 3.74. The average Bonchev–Trinajstić information content (AvgIpc) is 2.76. The largest absolute Gasteiger partial charge is 0.367 e. The summed E-state index contributed by atoms with van der Waals surface area (Å²) >= 11 is 3.33. The van der Waals surface area contributed by atoms with E-state index in [-0.39, 0.29) is 5.82 Å². The number of hydrogen-bond donors (Lipinski definition) is 2. The Morgan fingerprint density at radius 2 is 2.12 bits per heavy atom. The van der Waals surface area contributed by atoms with Crippen molar-refractivity contribution >= 4 is 15.9 Å². The van der Waals surface area contributed by atoms with Gasteiger partial charge in [-0.25, -0.2) is 4.39 Å². The summed E-state index contributed by atoms with van der Waals surface area (Å²) in [6, 6.07) is 6.95. The van der Waals surface area contributed by atoms with Crippen molar-refractivity contribution in [2.24, 2.45) is 0 Å². The van der Waals surface area contributed by atoms with Crippen LogP contribution in [0.3, 0.4) is 0 Å². The molecule has 0 aliphatic heterocycles. The fourth-order valence-electron chi connectivity index (χ4n) is 1.49. The van der Waals surface area contributed by atoms with Crippen LogP contribution in [0.15, 0.2) is 41.1 Å². The molecule has 1 aromatic heterocycles. The highest BCUT2D eigenvalue weighted by Crippen LogP contribution is 2.15. The first kappa shape index (κ1) is 11.4. The SMILES string of the molecule is Fc1ccc(Br)cc1CNCc1cc[nH]c1. The van der Waals surface area contributed by atoms with Crippen LogP contribution in [0.4, 0.5) is 4.39 Å². The second kappa shape index (κ2) is 5.27. The number of rotatable bonds is 4. The van der Waals surface area contributed by atoms with Gasteiger partial charge in [0.05, 0.1) is 0 Å². The van der Waals surface area contributed by atoms with Crippen molar-refractivity contribution in [3.8, 4) is 0 Å². The van der Waals surface area contributed by atoms with E-state index in [0.717, 1.165) is 16.6 Å². The quantitative estimate of drug-likeness (QED) is 0.886. The highest BCUT2D eigenvalue weighted by molar-refractivity contribution is 9.10. The Morgan fingerprint density at radius 3 is 2.88 bits per heavy atom. The van der Waals surface area contributed by atoms with Gasteiger partial charge in [0.15, 0.2) is 0 Å². The van der Waals surface area contributed by atoms with Gasteiger partial charge in [-0.15, -0.1) is 0 Å². The molecule has 0 atom stereocenters. The number of halogens is 2. The van der Waals surface area contributed by atoms with Crippen molar-refractivity contribution in [3.63, 3.8) is 0 Å². The molecule has 1 heterocycles. The van der Waals surface area contributed by atoms with Gasteiger partial charge in [0, 0.05) is 35.5 Å². The summed E-state index contributed by atoms with van der Waals surface area (Å²) in [5.41, 5.74) is 1.83. The predicted molar refractivity (Wildman–Crippen MR) is 65.4 cm³/mol. The van der Waals surface area contributed by atoms with E-state index in [1.165, 1.54) is 6.07 Å². The molecule has 0 aliphatic carbocycles. The van der Waals surface area contributed by atoms with Crippen molar-refractivity contribution in [1.82, 2.24) is 10.3 Å². The van der Waals surface area contributed by atoms with Crippen LogP contribution < -0.4 is 5.32 Å². The second-order valence-corrected chi connectivity index (χ2v) is 4.47. The molecule has 2 rings (SSSR count). The molecule has 0 unspecified atom stereocenters. The van der Waals surface area contributed by atoms with E-state index in [1.807, 2.05) is 18.5 Å². The summed E-state index contributed by atoms with van der Waals surface area (Å²) in [4.78, 5) is 2.98. The van der Waals surface area contributed by atoms with Gasteiger partial charge in [-0.05, 0) is 29.8 Å². The number of benzene rings is 1. The maximum absolute atomic E-state index is 13.4. The fraction of sp³-hybridized carbons (Fsp3) is 0.167. The number of nitrogens with one attached hydrogen (secondary N) is 2. The van der Waals surface area contributed by atoms with Crippen LogP contribution in [-0.4, -0.2) is 4.98 Å². The summed E-state index contributed by atoms with van der Waals surface area (Å²) in [7, 11) is 0. The van der Waals surface area contributed by atoms with Crippen molar-refractivity contribution in [2.75, 3.05) is 0 Å². The summed E-state index contributed by atoms with van der Waals surface area (Å²) in [6.07, 6.45) is 3.79. The van der Waals surface area contributed by atoms with Gasteiger partial charge in [0.25, 0.3) is 0 Å². The lowest BCUT2D eigenvalue weighted by Gasteiger charge is -2.05. The van der Waals surface area contributed by atoms with E-state index in [1.54, 1.807) is 12.1 Å². The zero-order valence-corrected chi connectivity index (χ0v) is 10.2. The topological polar surface area (TPSA) is 27.8 Å². The van der Waals surface area contributed by atoms with Gasteiger partial charge >= 0.3 is 0 Å². The maximum atomic E-state index is 13.4. The Morgan fingerprint density at radius 1 is 1.25 bits per heavy atom. The number of H-pyrrole nitrogens is 1. The van der Waals surface area contributed by atoms with Gasteiger partial charge in [-0.3, -0.25) is 0 Å². The average molecular weight is 283 g/mol. The molecule has 4 heteroatoms. The Labute approximate surface area is 102 Å². The molecule has 0 radical (unpaired) electrons. The van der Waals surface area contributed by atoms with Gasteiger partial charge < -0.3 is 10.3 Å². The molecule has 0 spiro atoms. The van der Waals surface area contributed by atoms with Crippen molar-refractivity contribution in [3.05, 3.63) is 58.1 Å². The normalized spacial score (nSPS) is 10.6. The predicted octanol–water partition coefficient (Wildman–Crippen LogP) is 3.21. The number of aromatic nitrogens is 1. The lowest BCUT2D eigenvalue weighted by molar-refractivity contribution is 0.587. The molecule has 0 saturated heterocycles. The van der Waals surface area contributed by atoms with Crippen LogP contribution in [0, 0.1) is 5.82 Å². The van der Waals surface area contributed by atoms with Gasteiger partial charge in [-0.1, -0.05) is 15.9 Å². The third-order valence-electron chi connectivity index (χ3n) is 2.31.